The summed E-state index contributed by atoms with van der Waals surface area (Å²) in [5.74, 6) is -5.63. The van der Waals surface area contributed by atoms with Gasteiger partial charge in [-0.2, -0.15) is 8.78 Å². The Bertz CT molecular complexity index is 415. The average Bonchev–Trinajstić information content (AvgIpc) is 2.64. The van der Waals surface area contributed by atoms with Crippen molar-refractivity contribution in [1.29, 1.82) is 0 Å². The van der Waals surface area contributed by atoms with Crippen molar-refractivity contribution in [3.63, 3.8) is 0 Å². The summed E-state index contributed by atoms with van der Waals surface area (Å²) < 4.78 is 31.6. The minimum Gasteiger partial charge on any atom is -0.493 e. The van der Waals surface area contributed by atoms with Gasteiger partial charge in [-0.05, 0) is 6.07 Å². The predicted molar refractivity (Wildman–Crippen MR) is 47.2 cm³/mol. The van der Waals surface area contributed by atoms with Gasteiger partial charge in [-0.3, -0.25) is 0 Å². The third-order valence-electron chi connectivity index (χ3n) is 2.35. The average molecular weight is 214 g/mol. The van der Waals surface area contributed by atoms with Crippen LogP contribution >= 0.6 is 0 Å². The Kier molecular flexibility index (Phi) is 2.10. The fraction of sp³-hybridized carbons (Fsp3) is 0.300. The van der Waals surface area contributed by atoms with Crippen LogP contribution in [0.4, 0.5) is 8.78 Å². The maximum Gasteiger partial charge on any atom is 0.379 e. The number of rotatable bonds is 2. The van der Waals surface area contributed by atoms with Crippen molar-refractivity contribution >= 4 is 5.97 Å². The Morgan fingerprint density at radius 1 is 1.47 bits per heavy atom. The van der Waals surface area contributed by atoms with Crippen molar-refractivity contribution in [2.75, 3.05) is 6.61 Å². The Morgan fingerprint density at radius 2 is 2.20 bits per heavy atom. The minimum atomic E-state index is -3.85. The van der Waals surface area contributed by atoms with Gasteiger partial charge in [0.25, 0.3) is 0 Å². The number of hydrogen-bond donors (Lipinski definition) is 1. The molecule has 1 aromatic rings. The van der Waals surface area contributed by atoms with Gasteiger partial charge < -0.3 is 9.84 Å². The Hall–Kier alpha value is -1.65. The van der Waals surface area contributed by atoms with E-state index in [1.165, 1.54) is 6.07 Å². The Labute approximate surface area is 84.3 Å². The molecule has 0 atom stereocenters. The van der Waals surface area contributed by atoms with Crippen molar-refractivity contribution in [1.82, 2.24) is 0 Å². The number of benzene rings is 1. The molecular weight excluding hydrogens is 206 g/mol. The number of fused-ring (bicyclic) bond motifs is 1. The zero-order valence-corrected chi connectivity index (χ0v) is 7.67. The quantitative estimate of drug-likeness (QED) is 0.816. The van der Waals surface area contributed by atoms with Crippen molar-refractivity contribution in [2.24, 2.45) is 0 Å². The molecule has 0 aliphatic carbocycles. The maximum atomic E-state index is 13.3. The van der Waals surface area contributed by atoms with Crippen LogP contribution in [-0.2, 0) is 17.1 Å². The van der Waals surface area contributed by atoms with Crippen LogP contribution in [0.3, 0.4) is 0 Å². The van der Waals surface area contributed by atoms with E-state index in [1.807, 2.05) is 0 Å². The molecule has 0 saturated carbocycles. The highest BCUT2D eigenvalue weighted by Gasteiger charge is 2.43. The first-order valence-corrected chi connectivity index (χ1v) is 4.40. The highest BCUT2D eigenvalue weighted by molar-refractivity contribution is 5.78. The van der Waals surface area contributed by atoms with Crippen LogP contribution in [0.1, 0.15) is 11.1 Å². The summed E-state index contributed by atoms with van der Waals surface area (Å²) in [6, 6.07) is 4.06. The summed E-state index contributed by atoms with van der Waals surface area (Å²) in [7, 11) is 0. The topological polar surface area (TPSA) is 46.5 Å². The molecule has 1 aliphatic rings. The van der Waals surface area contributed by atoms with Crippen molar-refractivity contribution in [3.8, 4) is 5.75 Å². The molecular formula is C10H8F2O3. The lowest BCUT2D eigenvalue weighted by Gasteiger charge is -2.14. The monoisotopic (exact) mass is 214 g/mol. The van der Waals surface area contributed by atoms with Crippen LogP contribution in [0.5, 0.6) is 5.75 Å². The van der Waals surface area contributed by atoms with Crippen LogP contribution in [0, 0.1) is 0 Å². The van der Waals surface area contributed by atoms with Gasteiger partial charge in [0, 0.05) is 17.5 Å². The number of carbonyl (C=O) groups is 1. The molecule has 15 heavy (non-hydrogen) atoms. The van der Waals surface area contributed by atoms with Gasteiger partial charge >= 0.3 is 11.9 Å². The van der Waals surface area contributed by atoms with Gasteiger partial charge in [0.1, 0.15) is 5.75 Å². The van der Waals surface area contributed by atoms with E-state index in [0.717, 1.165) is 6.07 Å². The molecule has 0 unspecified atom stereocenters. The number of aliphatic carboxylic acids is 1. The molecule has 0 radical (unpaired) electrons. The summed E-state index contributed by atoms with van der Waals surface area (Å²) >= 11 is 0. The van der Waals surface area contributed by atoms with Crippen molar-refractivity contribution < 1.29 is 23.4 Å². The van der Waals surface area contributed by atoms with Crippen LogP contribution in [0.15, 0.2) is 18.2 Å². The van der Waals surface area contributed by atoms with Crippen LogP contribution in [0.2, 0.25) is 0 Å². The van der Waals surface area contributed by atoms with E-state index in [4.69, 9.17) is 9.84 Å². The van der Waals surface area contributed by atoms with Crippen LogP contribution in [-0.4, -0.2) is 17.7 Å². The predicted octanol–water partition coefficient (Wildman–Crippen LogP) is 1.80. The largest absolute Gasteiger partial charge is 0.493 e. The highest BCUT2D eigenvalue weighted by Crippen LogP contribution is 2.37. The first-order chi connectivity index (χ1) is 7.03. The molecule has 2 rings (SSSR count). The minimum absolute atomic E-state index is 0.296. The maximum absolute atomic E-state index is 13.3. The molecule has 1 aliphatic heterocycles. The molecule has 1 N–H and O–H groups in total. The number of halogens is 2. The second-order valence-electron chi connectivity index (χ2n) is 3.26. The molecule has 0 spiro atoms. The number of carboxylic acid groups (broad SMARTS) is 1. The van der Waals surface area contributed by atoms with E-state index in [9.17, 15) is 13.6 Å². The molecule has 0 bridgehead atoms. The summed E-state index contributed by atoms with van der Waals surface area (Å²) in [5, 5.41) is 8.44. The second-order valence-corrected chi connectivity index (χ2v) is 3.26. The lowest BCUT2D eigenvalue weighted by Crippen LogP contribution is -2.26. The third-order valence-corrected chi connectivity index (χ3v) is 2.35. The molecule has 0 fully saturated rings. The molecule has 0 saturated heterocycles. The smallest absolute Gasteiger partial charge is 0.379 e. The number of hydrogen-bond acceptors (Lipinski definition) is 2. The van der Waals surface area contributed by atoms with Gasteiger partial charge in [0.2, 0.25) is 0 Å². The Balaban J connectivity index is 2.54. The molecule has 1 aromatic carbocycles. The fourth-order valence-electron chi connectivity index (χ4n) is 1.63. The lowest BCUT2D eigenvalue weighted by atomic mass is 10.00. The summed E-state index contributed by atoms with van der Waals surface area (Å²) in [5.41, 5.74) is -0.171. The zero-order valence-electron chi connectivity index (χ0n) is 7.67. The number of carboxylic acids is 1. The zero-order chi connectivity index (χ0) is 11.1. The van der Waals surface area contributed by atoms with E-state index in [0.29, 0.717) is 24.3 Å². The molecule has 0 aromatic heterocycles. The van der Waals surface area contributed by atoms with Gasteiger partial charge in [-0.25, -0.2) is 4.79 Å². The summed E-state index contributed by atoms with van der Waals surface area (Å²) in [4.78, 5) is 10.4. The molecule has 80 valence electrons. The van der Waals surface area contributed by atoms with E-state index >= 15 is 0 Å². The standard InChI is InChI=1S/C10H8F2O3/c11-10(12,9(13)14)7-2-1-3-8-6(7)4-5-15-8/h1-3H,4-5H2,(H,13,14). The van der Waals surface area contributed by atoms with Crippen molar-refractivity contribution in [3.05, 3.63) is 29.3 Å². The molecule has 5 heteroatoms. The van der Waals surface area contributed by atoms with Crippen LogP contribution in [0.25, 0.3) is 0 Å². The Morgan fingerprint density at radius 3 is 2.87 bits per heavy atom. The van der Waals surface area contributed by atoms with Crippen LogP contribution < -0.4 is 4.74 Å². The number of ether oxygens (including phenoxy) is 1. The van der Waals surface area contributed by atoms with Gasteiger partial charge in [0.15, 0.2) is 0 Å². The van der Waals surface area contributed by atoms with E-state index in [2.05, 4.69) is 0 Å². The highest BCUT2D eigenvalue weighted by atomic mass is 19.3. The SMILES string of the molecule is O=C(O)C(F)(F)c1cccc2c1CCO2. The first kappa shape index (κ1) is 9.89. The summed E-state index contributed by atoms with van der Waals surface area (Å²) in [6.45, 7) is 0.321. The summed E-state index contributed by atoms with van der Waals surface area (Å²) in [6.07, 6.45) is 0.328. The normalized spacial score (nSPS) is 14.5. The molecule has 0 amide bonds. The van der Waals surface area contributed by atoms with Crippen molar-refractivity contribution in [2.45, 2.75) is 12.3 Å². The second kappa shape index (κ2) is 3.18. The number of alkyl halides is 2. The van der Waals surface area contributed by atoms with E-state index in [-0.39, 0.29) is 0 Å². The van der Waals surface area contributed by atoms with Gasteiger partial charge in [0.05, 0.1) is 6.61 Å². The van der Waals surface area contributed by atoms with Gasteiger partial charge in [-0.1, -0.05) is 12.1 Å². The lowest BCUT2D eigenvalue weighted by molar-refractivity contribution is -0.166. The molecule has 3 nitrogen and oxygen atoms in total. The van der Waals surface area contributed by atoms with E-state index < -0.39 is 17.5 Å². The first-order valence-electron chi connectivity index (χ1n) is 4.40. The fourth-order valence-corrected chi connectivity index (χ4v) is 1.63. The molecule has 1 heterocycles. The van der Waals surface area contributed by atoms with Gasteiger partial charge in [-0.15, -0.1) is 0 Å². The third kappa shape index (κ3) is 1.44. The van der Waals surface area contributed by atoms with E-state index in [1.54, 1.807) is 6.07 Å².